The van der Waals surface area contributed by atoms with E-state index >= 15 is 0 Å². The minimum atomic E-state index is -0.811. The van der Waals surface area contributed by atoms with Gasteiger partial charge in [0.2, 0.25) is 0 Å². The lowest BCUT2D eigenvalue weighted by atomic mass is 9.94. The van der Waals surface area contributed by atoms with Gasteiger partial charge in [0, 0.05) is 25.6 Å². The van der Waals surface area contributed by atoms with Crippen LogP contribution in [0.5, 0.6) is 0 Å². The molecule has 0 aromatic heterocycles. The van der Waals surface area contributed by atoms with Crippen molar-refractivity contribution in [2.24, 2.45) is 11.8 Å². The SMILES string of the molecule is CC(C)C[C@H](CNC(=O)NCCCNC1CC1)CC(=O)O. The van der Waals surface area contributed by atoms with Crippen molar-refractivity contribution >= 4 is 12.0 Å². The number of carboxylic acid groups (broad SMARTS) is 1. The molecule has 0 saturated heterocycles. The van der Waals surface area contributed by atoms with Crippen molar-refractivity contribution in [3.05, 3.63) is 0 Å². The van der Waals surface area contributed by atoms with Crippen LogP contribution >= 0.6 is 0 Å². The topological polar surface area (TPSA) is 90.5 Å². The first-order valence-corrected chi connectivity index (χ1v) is 7.94. The third-order valence-electron chi connectivity index (χ3n) is 3.47. The third kappa shape index (κ3) is 10.1. The van der Waals surface area contributed by atoms with Gasteiger partial charge < -0.3 is 21.1 Å². The van der Waals surface area contributed by atoms with Crippen LogP contribution in [0.2, 0.25) is 0 Å². The molecule has 1 saturated carbocycles. The van der Waals surface area contributed by atoms with E-state index in [2.05, 4.69) is 29.8 Å². The van der Waals surface area contributed by atoms with Crippen LogP contribution in [0.25, 0.3) is 0 Å². The highest BCUT2D eigenvalue weighted by Gasteiger charge is 2.19. The van der Waals surface area contributed by atoms with E-state index in [1.807, 2.05) is 0 Å². The molecule has 6 nitrogen and oxygen atoms in total. The number of urea groups is 1. The monoisotopic (exact) mass is 299 g/mol. The lowest BCUT2D eigenvalue weighted by Crippen LogP contribution is -2.39. The Kier molecular flexibility index (Phi) is 8.12. The Balaban J connectivity index is 2.08. The molecule has 0 aliphatic heterocycles. The van der Waals surface area contributed by atoms with E-state index < -0.39 is 5.97 Å². The molecule has 0 bridgehead atoms. The molecule has 1 aliphatic carbocycles. The summed E-state index contributed by atoms with van der Waals surface area (Å²) in [4.78, 5) is 22.4. The number of carboxylic acids is 1. The highest BCUT2D eigenvalue weighted by Crippen LogP contribution is 2.18. The molecule has 0 heterocycles. The van der Waals surface area contributed by atoms with Crippen LogP contribution in [0.1, 0.15) is 46.0 Å². The van der Waals surface area contributed by atoms with Gasteiger partial charge in [-0.25, -0.2) is 4.79 Å². The first-order valence-electron chi connectivity index (χ1n) is 7.94. The summed E-state index contributed by atoms with van der Waals surface area (Å²) in [7, 11) is 0. The number of carbonyl (C=O) groups is 2. The van der Waals surface area contributed by atoms with E-state index in [9.17, 15) is 9.59 Å². The highest BCUT2D eigenvalue weighted by molar-refractivity contribution is 5.74. The maximum atomic E-state index is 11.6. The molecule has 0 unspecified atom stereocenters. The minimum Gasteiger partial charge on any atom is -0.481 e. The molecular weight excluding hydrogens is 270 g/mol. The molecule has 1 rings (SSSR count). The maximum Gasteiger partial charge on any atom is 0.314 e. The quantitative estimate of drug-likeness (QED) is 0.436. The van der Waals surface area contributed by atoms with Crippen molar-refractivity contribution in [3.63, 3.8) is 0 Å². The number of nitrogens with one attached hydrogen (secondary N) is 3. The Morgan fingerprint density at radius 1 is 1.19 bits per heavy atom. The standard InChI is InChI=1S/C15H29N3O3/c1-11(2)8-12(9-14(19)20)10-18-15(21)17-7-3-6-16-13-4-5-13/h11-13,16H,3-10H2,1-2H3,(H,19,20)(H2,17,18,21)/t12-/m0/s1. The normalized spacial score (nSPS) is 15.8. The molecular formula is C15H29N3O3. The van der Waals surface area contributed by atoms with Crippen LogP contribution in [0.15, 0.2) is 0 Å². The maximum absolute atomic E-state index is 11.6. The zero-order valence-electron chi connectivity index (χ0n) is 13.2. The summed E-state index contributed by atoms with van der Waals surface area (Å²) >= 11 is 0. The number of amides is 2. The Morgan fingerprint density at radius 2 is 1.90 bits per heavy atom. The average Bonchev–Trinajstić information content (AvgIpc) is 3.18. The van der Waals surface area contributed by atoms with Crippen LogP contribution in [0, 0.1) is 11.8 Å². The van der Waals surface area contributed by atoms with E-state index in [-0.39, 0.29) is 18.4 Å². The van der Waals surface area contributed by atoms with Crippen molar-refractivity contribution < 1.29 is 14.7 Å². The van der Waals surface area contributed by atoms with Gasteiger partial charge in [-0.3, -0.25) is 4.79 Å². The fourth-order valence-corrected chi connectivity index (χ4v) is 2.34. The fraction of sp³-hybridized carbons (Fsp3) is 0.867. The Bertz CT molecular complexity index is 330. The summed E-state index contributed by atoms with van der Waals surface area (Å²) in [6, 6.07) is 0.493. The second-order valence-corrected chi connectivity index (χ2v) is 6.31. The zero-order valence-corrected chi connectivity index (χ0v) is 13.2. The first kappa shape index (κ1) is 17.8. The van der Waals surface area contributed by atoms with Crippen LogP contribution in [-0.4, -0.2) is 42.8 Å². The van der Waals surface area contributed by atoms with Crippen molar-refractivity contribution in [2.75, 3.05) is 19.6 Å². The molecule has 21 heavy (non-hydrogen) atoms. The van der Waals surface area contributed by atoms with E-state index in [1.54, 1.807) is 0 Å². The molecule has 0 aromatic rings. The lowest BCUT2D eigenvalue weighted by Gasteiger charge is -2.18. The summed E-state index contributed by atoms with van der Waals surface area (Å²) in [5, 5.41) is 17.8. The molecule has 1 atom stereocenters. The molecule has 6 heteroatoms. The van der Waals surface area contributed by atoms with E-state index in [0.717, 1.165) is 19.4 Å². The molecule has 4 N–H and O–H groups in total. The van der Waals surface area contributed by atoms with Gasteiger partial charge in [0.25, 0.3) is 0 Å². The number of hydrogen-bond acceptors (Lipinski definition) is 3. The van der Waals surface area contributed by atoms with Gasteiger partial charge in [0.1, 0.15) is 0 Å². The van der Waals surface area contributed by atoms with Gasteiger partial charge in [-0.2, -0.15) is 0 Å². The number of hydrogen-bond donors (Lipinski definition) is 4. The van der Waals surface area contributed by atoms with Gasteiger partial charge in [0.15, 0.2) is 0 Å². The van der Waals surface area contributed by atoms with Crippen molar-refractivity contribution in [1.82, 2.24) is 16.0 Å². The molecule has 0 radical (unpaired) electrons. The first-order chi connectivity index (χ1) is 9.97. The van der Waals surface area contributed by atoms with Gasteiger partial charge in [-0.05, 0) is 44.1 Å². The van der Waals surface area contributed by atoms with Crippen molar-refractivity contribution in [3.8, 4) is 0 Å². The predicted molar refractivity (Wildman–Crippen MR) is 82.2 cm³/mol. The summed E-state index contributed by atoms with van der Waals surface area (Å²) in [6.45, 7) is 6.10. The summed E-state index contributed by atoms with van der Waals surface area (Å²) in [6.07, 6.45) is 4.36. The lowest BCUT2D eigenvalue weighted by molar-refractivity contribution is -0.138. The number of rotatable bonds is 11. The Labute approximate surface area is 127 Å². The summed E-state index contributed by atoms with van der Waals surface area (Å²) in [5.74, 6) is -0.397. The van der Waals surface area contributed by atoms with E-state index in [4.69, 9.17) is 5.11 Å². The summed E-state index contributed by atoms with van der Waals surface area (Å²) < 4.78 is 0. The summed E-state index contributed by atoms with van der Waals surface area (Å²) in [5.41, 5.74) is 0. The van der Waals surface area contributed by atoms with Gasteiger partial charge in [-0.1, -0.05) is 13.8 Å². The van der Waals surface area contributed by atoms with Crippen molar-refractivity contribution in [2.45, 2.75) is 52.0 Å². The smallest absolute Gasteiger partial charge is 0.314 e. The van der Waals surface area contributed by atoms with Gasteiger partial charge in [-0.15, -0.1) is 0 Å². The van der Waals surface area contributed by atoms with E-state index in [1.165, 1.54) is 12.8 Å². The molecule has 1 fully saturated rings. The molecule has 0 spiro atoms. The second-order valence-electron chi connectivity index (χ2n) is 6.31. The molecule has 0 aromatic carbocycles. The Hall–Kier alpha value is -1.30. The minimum absolute atomic E-state index is 0.00946. The van der Waals surface area contributed by atoms with Gasteiger partial charge >= 0.3 is 12.0 Å². The molecule has 122 valence electrons. The van der Waals surface area contributed by atoms with Crippen LogP contribution < -0.4 is 16.0 Å². The van der Waals surface area contributed by atoms with Crippen LogP contribution in [0.4, 0.5) is 4.79 Å². The number of carbonyl (C=O) groups excluding carboxylic acids is 1. The van der Waals surface area contributed by atoms with Crippen molar-refractivity contribution in [1.29, 1.82) is 0 Å². The molecule has 2 amide bonds. The third-order valence-corrected chi connectivity index (χ3v) is 3.47. The Morgan fingerprint density at radius 3 is 2.48 bits per heavy atom. The zero-order chi connectivity index (χ0) is 15.7. The van der Waals surface area contributed by atoms with Gasteiger partial charge in [0.05, 0.1) is 0 Å². The second kappa shape index (κ2) is 9.60. The number of aliphatic carboxylic acids is 1. The molecule has 1 aliphatic rings. The largest absolute Gasteiger partial charge is 0.481 e. The highest BCUT2D eigenvalue weighted by atomic mass is 16.4. The predicted octanol–water partition coefficient (Wildman–Crippen LogP) is 1.56. The fourth-order valence-electron chi connectivity index (χ4n) is 2.34. The van der Waals surface area contributed by atoms with Crippen LogP contribution in [0.3, 0.4) is 0 Å². The van der Waals surface area contributed by atoms with Crippen LogP contribution in [-0.2, 0) is 4.79 Å². The van der Waals surface area contributed by atoms with E-state index in [0.29, 0.717) is 25.0 Å². The average molecular weight is 299 g/mol.